The van der Waals surface area contributed by atoms with E-state index in [-0.39, 0.29) is 37.7 Å². The highest BCUT2D eigenvalue weighted by molar-refractivity contribution is 6.01. The lowest BCUT2D eigenvalue weighted by Gasteiger charge is -2.22. The number of amides is 4. The molecule has 0 saturated carbocycles. The van der Waals surface area contributed by atoms with Gasteiger partial charge in [0.2, 0.25) is 17.8 Å². The van der Waals surface area contributed by atoms with Gasteiger partial charge < -0.3 is 30.0 Å². The highest BCUT2D eigenvalue weighted by Gasteiger charge is 2.24. The molecule has 14 heteroatoms. The fraction of sp³-hybridized carbons (Fsp3) is 0.568. The Bertz CT molecular complexity index is 1330. The predicted molar refractivity (Wildman–Crippen MR) is 195 cm³/mol. The van der Waals surface area contributed by atoms with Crippen molar-refractivity contribution < 1.29 is 43.3 Å². The standard InChI is InChI=1S/C37H57N5O9/c1-9-11-12-13-14-17-30(44)40-29(25-26-18-21-28(43)22-19-26)32(46)39-27(20-23-31(45)49-10-2)16-15-24-38-33(41-34(47)50-36(3,4)5)42-35(48)51-37(6,7)8/h14,17-23,27,29,43H,9-13,15-16,24-25H2,1-8H3,(H,39,46)(H,40,44)(H2,38,41,42,47,48)/b17-14+,23-20+/t27-,29-/m0/s1. The Morgan fingerprint density at radius 2 is 1.45 bits per heavy atom. The van der Waals surface area contributed by atoms with Crippen LogP contribution in [-0.2, 0) is 35.0 Å². The number of ether oxygens (including phenoxy) is 3. The van der Waals surface area contributed by atoms with Crippen LogP contribution < -0.4 is 21.3 Å². The van der Waals surface area contributed by atoms with Crippen LogP contribution in [0.1, 0.15) is 99.5 Å². The number of rotatable bonds is 17. The summed E-state index contributed by atoms with van der Waals surface area (Å²) in [6, 6.07) is 4.63. The summed E-state index contributed by atoms with van der Waals surface area (Å²) >= 11 is 0. The number of carbonyl (C=O) groups is 5. The number of alkyl carbamates (subject to hydrolysis) is 2. The Morgan fingerprint density at radius 1 is 0.843 bits per heavy atom. The summed E-state index contributed by atoms with van der Waals surface area (Å²) in [7, 11) is 0. The third-order valence-corrected chi connectivity index (χ3v) is 6.51. The quantitative estimate of drug-likeness (QED) is 0.0353. The number of allylic oxidation sites excluding steroid dienone is 1. The van der Waals surface area contributed by atoms with Crippen LogP contribution in [0, 0.1) is 0 Å². The number of hydrogen-bond donors (Lipinski definition) is 5. The van der Waals surface area contributed by atoms with Gasteiger partial charge in [0, 0.05) is 25.1 Å². The summed E-state index contributed by atoms with van der Waals surface area (Å²) in [4.78, 5) is 67.8. The number of unbranched alkanes of at least 4 members (excludes halogenated alkanes) is 3. The molecule has 0 bridgehead atoms. The van der Waals surface area contributed by atoms with Crippen molar-refractivity contribution in [2.45, 2.75) is 124 Å². The van der Waals surface area contributed by atoms with E-state index in [0.717, 1.165) is 25.7 Å². The molecule has 2 atom stereocenters. The molecule has 0 radical (unpaired) electrons. The Labute approximate surface area is 301 Å². The first-order valence-electron chi connectivity index (χ1n) is 17.4. The molecule has 1 aromatic rings. The van der Waals surface area contributed by atoms with Gasteiger partial charge in [-0.15, -0.1) is 0 Å². The third kappa shape index (κ3) is 22.5. The molecule has 0 aliphatic carbocycles. The van der Waals surface area contributed by atoms with Gasteiger partial charge in [0.25, 0.3) is 0 Å². The maximum absolute atomic E-state index is 13.7. The zero-order valence-corrected chi connectivity index (χ0v) is 31.3. The number of aromatic hydroxyl groups is 1. The van der Waals surface area contributed by atoms with Crippen molar-refractivity contribution in [3.05, 3.63) is 54.1 Å². The molecule has 0 unspecified atom stereocenters. The smallest absolute Gasteiger partial charge is 0.414 e. The average Bonchev–Trinajstić information content (AvgIpc) is 3.00. The van der Waals surface area contributed by atoms with Crippen LogP contribution in [-0.4, -0.2) is 77.5 Å². The van der Waals surface area contributed by atoms with E-state index in [1.807, 2.05) is 0 Å². The van der Waals surface area contributed by atoms with Gasteiger partial charge in [-0.1, -0.05) is 44.1 Å². The molecule has 14 nitrogen and oxygen atoms in total. The number of aliphatic imine (C=N–C) groups is 1. The Balaban J connectivity index is 3.18. The first-order valence-corrected chi connectivity index (χ1v) is 17.4. The maximum Gasteiger partial charge on any atom is 0.414 e. The topological polar surface area (TPSA) is 194 Å². The number of nitrogens with zero attached hydrogens (tertiary/aromatic N) is 1. The fourth-order valence-corrected chi connectivity index (χ4v) is 4.30. The largest absolute Gasteiger partial charge is 0.508 e. The number of esters is 1. The molecule has 0 fully saturated rings. The molecule has 0 aliphatic rings. The van der Waals surface area contributed by atoms with Gasteiger partial charge in [-0.3, -0.25) is 25.2 Å². The van der Waals surface area contributed by atoms with Crippen LogP contribution in [0.25, 0.3) is 0 Å². The molecule has 0 aromatic heterocycles. The SMILES string of the molecule is CCCCC/C=C/C(=O)N[C@@H](Cc1ccc(O)cc1)C(=O)N[C@H](/C=C/C(=O)OCC)CCCN=C(NC(=O)OC(C)(C)C)NC(=O)OC(C)(C)C. The molecule has 51 heavy (non-hydrogen) atoms. The number of hydrogen-bond acceptors (Lipinski definition) is 10. The molecule has 0 spiro atoms. The summed E-state index contributed by atoms with van der Waals surface area (Å²) in [5.74, 6) is -1.66. The van der Waals surface area contributed by atoms with E-state index in [4.69, 9.17) is 14.2 Å². The van der Waals surface area contributed by atoms with Crippen LogP contribution in [0.3, 0.4) is 0 Å². The lowest BCUT2D eigenvalue weighted by atomic mass is 10.0. The van der Waals surface area contributed by atoms with E-state index in [0.29, 0.717) is 12.0 Å². The summed E-state index contributed by atoms with van der Waals surface area (Å²) in [5.41, 5.74) is -0.902. The van der Waals surface area contributed by atoms with Gasteiger partial charge in [0.15, 0.2) is 0 Å². The van der Waals surface area contributed by atoms with E-state index in [1.54, 1.807) is 66.7 Å². The van der Waals surface area contributed by atoms with Gasteiger partial charge in [0.1, 0.15) is 23.0 Å². The normalized spacial score (nSPS) is 12.8. The van der Waals surface area contributed by atoms with Crippen LogP contribution in [0.5, 0.6) is 5.75 Å². The molecule has 284 valence electrons. The number of guanidine groups is 1. The lowest BCUT2D eigenvalue weighted by Crippen LogP contribution is -2.50. The molecule has 0 saturated heterocycles. The van der Waals surface area contributed by atoms with Gasteiger partial charge in [-0.2, -0.15) is 0 Å². The van der Waals surface area contributed by atoms with Gasteiger partial charge in [-0.25, -0.2) is 14.4 Å². The van der Waals surface area contributed by atoms with Crippen LogP contribution in [0.15, 0.2) is 53.6 Å². The zero-order chi connectivity index (χ0) is 38.5. The number of phenolic OH excluding ortho intramolecular Hbond substituents is 1. The first-order chi connectivity index (χ1) is 23.9. The van der Waals surface area contributed by atoms with Crippen molar-refractivity contribution in [1.82, 2.24) is 21.3 Å². The maximum atomic E-state index is 13.7. The number of phenols is 1. The van der Waals surface area contributed by atoms with Crippen molar-refractivity contribution >= 4 is 35.9 Å². The Hall–Kier alpha value is -4.88. The average molecular weight is 716 g/mol. The number of carbonyl (C=O) groups excluding carboxylic acids is 5. The molecule has 1 rings (SSSR count). The molecular formula is C37H57N5O9. The molecule has 1 aromatic carbocycles. The van der Waals surface area contributed by atoms with E-state index in [1.165, 1.54) is 30.4 Å². The minimum Gasteiger partial charge on any atom is -0.508 e. The summed E-state index contributed by atoms with van der Waals surface area (Å²) < 4.78 is 15.6. The number of nitrogens with one attached hydrogen (secondary N) is 4. The molecule has 0 aliphatic heterocycles. The minimum absolute atomic E-state index is 0.0661. The van der Waals surface area contributed by atoms with Crippen molar-refractivity contribution in [3.8, 4) is 5.75 Å². The summed E-state index contributed by atoms with van der Waals surface area (Å²) in [5, 5.41) is 20.2. The second kappa shape index (κ2) is 22.8. The van der Waals surface area contributed by atoms with Crippen LogP contribution in [0.4, 0.5) is 9.59 Å². The third-order valence-electron chi connectivity index (χ3n) is 6.51. The lowest BCUT2D eigenvalue weighted by molar-refractivity contribution is -0.137. The van der Waals surface area contributed by atoms with E-state index >= 15 is 0 Å². The van der Waals surface area contributed by atoms with Crippen molar-refractivity contribution in [3.63, 3.8) is 0 Å². The predicted octanol–water partition coefficient (Wildman–Crippen LogP) is 5.35. The van der Waals surface area contributed by atoms with Crippen molar-refractivity contribution in [2.24, 2.45) is 4.99 Å². The van der Waals surface area contributed by atoms with Crippen molar-refractivity contribution in [2.75, 3.05) is 13.2 Å². The van der Waals surface area contributed by atoms with Crippen molar-refractivity contribution in [1.29, 1.82) is 0 Å². The molecular weight excluding hydrogens is 658 g/mol. The monoisotopic (exact) mass is 715 g/mol. The highest BCUT2D eigenvalue weighted by Crippen LogP contribution is 2.13. The number of benzene rings is 1. The van der Waals surface area contributed by atoms with E-state index < -0.39 is 53.3 Å². The molecule has 0 heterocycles. The van der Waals surface area contributed by atoms with E-state index in [9.17, 15) is 29.1 Å². The molecule has 5 N–H and O–H groups in total. The van der Waals surface area contributed by atoms with Crippen LogP contribution in [0.2, 0.25) is 0 Å². The second-order valence-corrected chi connectivity index (χ2v) is 13.7. The highest BCUT2D eigenvalue weighted by atomic mass is 16.6. The first kappa shape index (κ1) is 44.1. The summed E-state index contributed by atoms with van der Waals surface area (Å²) in [6.07, 6.45) is 8.74. The molecule has 4 amide bonds. The minimum atomic E-state index is -0.985. The van der Waals surface area contributed by atoms with Crippen LogP contribution >= 0.6 is 0 Å². The fourth-order valence-electron chi connectivity index (χ4n) is 4.30. The zero-order valence-electron chi connectivity index (χ0n) is 31.3. The van der Waals surface area contributed by atoms with Gasteiger partial charge >= 0.3 is 18.2 Å². The van der Waals surface area contributed by atoms with E-state index in [2.05, 4.69) is 33.2 Å². The Morgan fingerprint density at radius 3 is 2.00 bits per heavy atom. The van der Waals surface area contributed by atoms with Gasteiger partial charge in [0.05, 0.1) is 6.61 Å². The Kier molecular flexibility index (Phi) is 19.7. The summed E-state index contributed by atoms with van der Waals surface area (Å²) in [6.45, 7) is 14.1. The second-order valence-electron chi connectivity index (χ2n) is 13.7. The van der Waals surface area contributed by atoms with Gasteiger partial charge in [-0.05, 0) is 97.9 Å².